The Labute approximate surface area is 138 Å². The highest BCUT2D eigenvalue weighted by atomic mass is 15.1. The summed E-state index contributed by atoms with van der Waals surface area (Å²) in [6, 6.07) is 17.1. The Bertz CT molecular complexity index is 1010. The zero-order valence-corrected chi connectivity index (χ0v) is 12.7. The molecule has 6 heteroatoms. The number of rotatable bonds is 3. The predicted octanol–water partition coefficient (Wildman–Crippen LogP) is 2.83. The second-order valence-corrected chi connectivity index (χ2v) is 5.14. The fourth-order valence-electron chi connectivity index (χ4n) is 2.47. The monoisotopic (exact) mass is 314 g/mol. The van der Waals surface area contributed by atoms with E-state index in [1.165, 1.54) is 0 Å². The van der Waals surface area contributed by atoms with Crippen molar-refractivity contribution in [3.63, 3.8) is 0 Å². The zero-order chi connectivity index (χ0) is 16.4. The summed E-state index contributed by atoms with van der Waals surface area (Å²) >= 11 is 0. The highest BCUT2D eigenvalue weighted by Gasteiger charge is 2.13. The second-order valence-electron chi connectivity index (χ2n) is 5.14. The van der Waals surface area contributed by atoms with E-state index in [4.69, 9.17) is 5.73 Å². The van der Waals surface area contributed by atoms with Crippen LogP contribution in [0, 0.1) is 0 Å². The number of aromatic nitrogens is 4. The molecule has 0 amide bonds. The number of imidazole rings is 1. The Morgan fingerprint density at radius 3 is 2.46 bits per heavy atom. The van der Waals surface area contributed by atoms with Crippen LogP contribution in [-0.2, 0) is 0 Å². The van der Waals surface area contributed by atoms with E-state index in [0.29, 0.717) is 17.3 Å². The number of pyridine rings is 3. The molecule has 116 valence electrons. The summed E-state index contributed by atoms with van der Waals surface area (Å²) < 4.78 is 1.95. The van der Waals surface area contributed by atoms with E-state index in [2.05, 4.69) is 19.9 Å². The third kappa shape index (κ3) is 2.50. The Kier molecular flexibility index (Phi) is 3.47. The van der Waals surface area contributed by atoms with Gasteiger partial charge in [0.15, 0.2) is 17.5 Å². The molecule has 4 aromatic rings. The highest BCUT2D eigenvalue weighted by Crippen LogP contribution is 2.26. The molecule has 0 spiro atoms. The molecule has 0 aromatic carbocycles. The van der Waals surface area contributed by atoms with Gasteiger partial charge >= 0.3 is 0 Å². The molecule has 4 aromatic heterocycles. The van der Waals surface area contributed by atoms with Crippen LogP contribution in [0.25, 0.3) is 17.0 Å². The lowest BCUT2D eigenvalue weighted by molar-refractivity contribution is 1.13. The summed E-state index contributed by atoms with van der Waals surface area (Å²) in [6.45, 7) is 0. The van der Waals surface area contributed by atoms with E-state index in [1.54, 1.807) is 12.4 Å². The average Bonchev–Trinajstić information content (AvgIpc) is 3.02. The van der Waals surface area contributed by atoms with E-state index in [-0.39, 0.29) is 0 Å². The van der Waals surface area contributed by atoms with Crippen LogP contribution in [0.2, 0.25) is 0 Å². The van der Waals surface area contributed by atoms with Crippen molar-refractivity contribution in [3.8, 4) is 11.5 Å². The number of fused-ring (bicyclic) bond motifs is 1. The van der Waals surface area contributed by atoms with Crippen LogP contribution in [0.1, 0.15) is 5.69 Å². The van der Waals surface area contributed by atoms with Crippen LogP contribution >= 0.6 is 0 Å². The molecule has 0 fully saturated rings. The minimum atomic E-state index is 0.326. The van der Waals surface area contributed by atoms with Gasteiger partial charge in [0.25, 0.3) is 0 Å². The van der Waals surface area contributed by atoms with Crippen LogP contribution in [-0.4, -0.2) is 25.2 Å². The molecule has 24 heavy (non-hydrogen) atoms. The minimum absolute atomic E-state index is 0.326. The molecule has 0 aliphatic carbocycles. The van der Waals surface area contributed by atoms with Crippen LogP contribution < -0.4 is 5.73 Å². The van der Waals surface area contributed by atoms with Gasteiger partial charge in [0, 0.05) is 18.6 Å². The van der Waals surface area contributed by atoms with E-state index in [9.17, 15) is 0 Å². The third-order valence-electron chi connectivity index (χ3n) is 3.58. The first kappa shape index (κ1) is 14.1. The first-order valence-electron chi connectivity index (χ1n) is 7.47. The second kappa shape index (κ2) is 5.92. The van der Waals surface area contributed by atoms with Crippen molar-refractivity contribution in [2.45, 2.75) is 0 Å². The van der Waals surface area contributed by atoms with Gasteiger partial charge in [-0.1, -0.05) is 18.2 Å². The Morgan fingerprint density at radius 2 is 1.71 bits per heavy atom. The SMILES string of the molecule is N/C(=N\c1nc(-c2ccccn2)n2ccccc12)c1ccccn1. The van der Waals surface area contributed by atoms with Crippen LogP contribution in [0.15, 0.2) is 78.2 Å². The van der Waals surface area contributed by atoms with E-state index in [1.807, 2.05) is 65.2 Å². The van der Waals surface area contributed by atoms with Gasteiger partial charge in [-0.25, -0.2) is 9.98 Å². The zero-order valence-electron chi connectivity index (χ0n) is 12.7. The first-order chi connectivity index (χ1) is 11.8. The number of hydrogen-bond acceptors (Lipinski definition) is 4. The van der Waals surface area contributed by atoms with E-state index >= 15 is 0 Å². The maximum atomic E-state index is 6.09. The topological polar surface area (TPSA) is 81.5 Å². The van der Waals surface area contributed by atoms with Crippen molar-refractivity contribution in [2.24, 2.45) is 10.7 Å². The number of amidine groups is 1. The molecule has 0 saturated heterocycles. The minimum Gasteiger partial charge on any atom is -0.382 e. The Balaban J connectivity index is 1.88. The van der Waals surface area contributed by atoms with Crippen LogP contribution in [0.4, 0.5) is 5.82 Å². The molecular formula is C18H14N6. The summed E-state index contributed by atoms with van der Waals surface area (Å²) in [5.74, 6) is 1.59. The number of nitrogens with zero attached hydrogens (tertiary/aromatic N) is 5. The standard InChI is InChI=1S/C18H14N6/c19-16(13-7-1-4-10-20-13)22-17-15-9-3-6-12-24(15)18(23-17)14-8-2-5-11-21-14/h1-12H,(H2,19,22). The molecule has 6 nitrogen and oxygen atoms in total. The van der Waals surface area contributed by atoms with Gasteiger partial charge < -0.3 is 5.73 Å². The highest BCUT2D eigenvalue weighted by molar-refractivity contribution is 5.98. The van der Waals surface area contributed by atoms with Gasteiger partial charge in [0.05, 0.1) is 5.52 Å². The largest absolute Gasteiger partial charge is 0.382 e. The van der Waals surface area contributed by atoms with Crippen molar-refractivity contribution in [1.82, 2.24) is 19.4 Å². The number of nitrogens with two attached hydrogens (primary N) is 1. The Hall–Kier alpha value is -3.54. The Morgan fingerprint density at radius 1 is 0.917 bits per heavy atom. The van der Waals surface area contributed by atoms with Crippen molar-refractivity contribution in [2.75, 3.05) is 0 Å². The molecule has 0 aliphatic rings. The summed E-state index contributed by atoms with van der Waals surface area (Å²) in [4.78, 5) is 17.7. The third-order valence-corrected chi connectivity index (χ3v) is 3.58. The van der Waals surface area contributed by atoms with Gasteiger partial charge in [-0.3, -0.25) is 14.4 Å². The summed E-state index contributed by atoms with van der Waals surface area (Å²) in [7, 11) is 0. The van der Waals surface area contributed by atoms with Gasteiger partial charge in [-0.05, 0) is 36.4 Å². The maximum Gasteiger partial charge on any atom is 0.180 e. The molecule has 4 rings (SSSR count). The maximum absolute atomic E-state index is 6.09. The van der Waals surface area contributed by atoms with Crippen molar-refractivity contribution >= 4 is 17.2 Å². The van der Waals surface area contributed by atoms with Gasteiger partial charge in [0.2, 0.25) is 0 Å². The number of hydrogen-bond donors (Lipinski definition) is 1. The van der Waals surface area contributed by atoms with Crippen LogP contribution in [0.3, 0.4) is 0 Å². The molecule has 0 radical (unpaired) electrons. The fourth-order valence-corrected chi connectivity index (χ4v) is 2.47. The first-order valence-corrected chi connectivity index (χ1v) is 7.47. The van der Waals surface area contributed by atoms with E-state index < -0.39 is 0 Å². The molecule has 0 unspecified atom stereocenters. The number of aliphatic imine (C=N–C) groups is 1. The predicted molar refractivity (Wildman–Crippen MR) is 93.0 cm³/mol. The smallest absolute Gasteiger partial charge is 0.180 e. The molecule has 2 N–H and O–H groups in total. The van der Waals surface area contributed by atoms with Crippen LogP contribution in [0.5, 0.6) is 0 Å². The lowest BCUT2D eigenvalue weighted by Crippen LogP contribution is -2.14. The van der Waals surface area contributed by atoms with Gasteiger partial charge in [0.1, 0.15) is 11.4 Å². The molecule has 0 bridgehead atoms. The van der Waals surface area contributed by atoms with Crippen molar-refractivity contribution in [3.05, 3.63) is 78.9 Å². The van der Waals surface area contributed by atoms with Crippen molar-refractivity contribution < 1.29 is 0 Å². The van der Waals surface area contributed by atoms with E-state index in [0.717, 1.165) is 17.0 Å². The average molecular weight is 314 g/mol. The quantitative estimate of drug-likeness (QED) is 0.466. The van der Waals surface area contributed by atoms with Crippen molar-refractivity contribution in [1.29, 1.82) is 0 Å². The molecule has 0 saturated carbocycles. The lowest BCUT2D eigenvalue weighted by atomic mass is 10.3. The summed E-state index contributed by atoms with van der Waals surface area (Å²) in [5.41, 5.74) is 8.34. The normalized spacial score (nSPS) is 11.8. The lowest BCUT2D eigenvalue weighted by Gasteiger charge is -1.99. The van der Waals surface area contributed by atoms with Gasteiger partial charge in [-0.15, -0.1) is 0 Å². The molecular weight excluding hydrogens is 300 g/mol. The molecule has 0 aliphatic heterocycles. The summed E-state index contributed by atoms with van der Waals surface area (Å²) in [5, 5.41) is 0. The van der Waals surface area contributed by atoms with Gasteiger partial charge in [-0.2, -0.15) is 0 Å². The molecule has 4 heterocycles. The molecule has 0 atom stereocenters. The summed E-state index contributed by atoms with van der Waals surface area (Å²) in [6.07, 6.45) is 5.36. The fraction of sp³-hybridized carbons (Fsp3) is 0.